The molecule has 1 heteroatoms. The van der Waals surface area contributed by atoms with Crippen LogP contribution in [0.15, 0.2) is 0 Å². The van der Waals surface area contributed by atoms with Gasteiger partial charge in [-0.15, -0.1) is 0 Å². The lowest BCUT2D eigenvalue weighted by Gasteiger charge is -2.36. The van der Waals surface area contributed by atoms with Gasteiger partial charge in [0, 0.05) is 0 Å². The summed E-state index contributed by atoms with van der Waals surface area (Å²) in [5, 5.41) is 0. The third-order valence-corrected chi connectivity index (χ3v) is 4.61. The summed E-state index contributed by atoms with van der Waals surface area (Å²) in [6.07, 6.45) is 18.2. The number of hydrogen-bond acceptors (Lipinski definition) is 1. The monoisotopic (exact) mass is 268 g/mol. The van der Waals surface area contributed by atoms with E-state index >= 15 is 0 Å². The molecule has 1 aliphatic rings. The number of ether oxygens (including phenoxy) is 1. The van der Waals surface area contributed by atoms with Gasteiger partial charge in [-0.05, 0) is 33.1 Å². The molecule has 0 amide bonds. The molecular formula is C18H36O. The molecule has 0 radical (unpaired) electrons. The second kappa shape index (κ2) is 9.80. The molecule has 1 aliphatic carbocycles. The van der Waals surface area contributed by atoms with Gasteiger partial charge < -0.3 is 4.74 Å². The number of hydrogen-bond donors (Lipinski definition) is 0. The van der Waals surface area contributed by atoms with Crippen LogP contribution < -0.4 is 0 Å². The fourth-order valence-electron chi connectivity index (χ4n) is 3.35. The van der Waals surface area contributed by atoms with E-state index < -0.39 is 0 Å². The summed E-state index contributed by atoms with van der Waals surface area (Å²) in [7, 11) is 0. The highest BCUT2D eigenvalue weighted by Crippen LogP contribution is 2.32. The van der Waals surface area contributed by atoms with Crippen molar-refractivity contribution in [3.8, 4) is 0 Å². The highest BCUT2D eigenvalue weighted by atomic mass is 16.5. The predicted molar refractivity (Wildman–Crippen MR) is 84.6 cm³/mol. The molecule has 0 spiro atoms. The minimum Gasteiger partial charge on any atom is -0.372 e. The topological polar surface area (TPSA) is 9.23 Å². The van der Waals surface area contributed by atoms with Crippen molar-refractivity contribution in [2.75, 3.05) is 0 Å². The highest BCUT2D eigenvalue weighted by Gasteiger charge is 2.29. The Labute approximate surface area is 121 Å². The van der Waals surface area contributed by atoms with Gasteiger partial charge in [0.2, 0.25) is 0 Å². The second-order valence-corrected chi connectivity index (χ2v) is 6.85. The van der Waals surface area contributed by atoms with Crippen LogP contribution in [-0.4, -0.2) is 11.7 Å². The Morgan fingerprint density at radius 2 is 1.47 bits per heavy atom. The van der Waals surface area contributed by atoms with Crippen molar-refractivity contribution in [1.29, 1.82) is 0 Å². The van der Waals surface area contributed by atoms with Crippen LogP contribution in [0.2, 0.25) is 0 Å². The summed E-state index contributed by atoms with van der Waals surface area (Å²) in [6.45, 7) is 6.88. The molecule has 0 aromatic heterocycles. The van der Waals surface area contributed by atoms with Crippen molar-refractivity contribution < 1.29 is 4.74 Å². The van der Waals surface area contributed by atoms with E-state index in [4.69, 9.17) is 4.74 Å². The van der Waals surface area contributed by atoms with Crippen LogP contribution >= 0.6 is 0 Å². The van der Waals surface area contributed by atoms with E-state index in [-0.39, 0.29) is 5.60 Å². The molecule has 1 atom stereocenters. The van der Waals surface area contributed by atoms with Crippen LogP contribution in [0.3, 0.4) is 0 Å². The Morgan fingerprint density at radius 3 is 2.11 bits per heavy atom. The Morgan fingerprint density at radius 1 is 0.895 bits per heavy atom. The first-order chi connectivity index (χ1) is 9.16. The molecular weight excluding hydrogens is 232 g/mol. The zero-order valence-electron chi connectivity index (χ0n) is 13.7. The van der Waals surface area contributed by atoms with Gasteiger partial charge in [-0.3, -0.25) is 0 Å². The number of unbranched alkanes of at least 4 members (excludes halogenated alkanes) is 6. The van der Waals surface area contributed by atoms with E-state index in [1.165, 1.54) is 83.5 Å². The quantitative estimate of drug-likeness (QED) is 0.425. The van der Waals surface area contributed by atoms with Crippen LogP contribution in [0.1, 0.15) is 104 Å². The van der Waals surface area contributed by atoms with Crippen molar-refractivity contribution >= 4 is 0 Å². The van der Waals surface area contributed by atoms with E-state index in [1.54, 1.807) is 0 Å². The Bertz CT molecular complexity index is 206. The molecule has 0 heterocycles. The third kappa shape index (κ3) is 7.97. The molecule has 0 bridgehead atoms. The largest absolute Gasteiger partial charge is 0.372 e. The Balaban J connectivity index is 1.99. The van der Waals surface area contributed by atoms with Gasteiger partial charge >= 0.3 is 0 Å². The Kier molecular flexibility index (Phi) is 8.77. The van der Waals surface area contributed by atoms with Crippen molar-refractivity contribution in [3.05, 3.63) is 0 Å². The van der Waals surface area contributed by atoms with Crippen molar-refractivity contribution in [3.63, 3.8) is 0 Å². The SMILES string of the molecule is CCCCCCCCCC(C)OC1(C)CCCCC1. The van der Waals surface area contributed by atoms with Gasteiger partial charge in [-0.2, -0.15) is 0 Å². The lowest BCUT2D eigenvalue weighted by atomic mass is 9.86. The average Bonchev–Trinajstić information content (AvgIpc) is 2.38. The molecule has 0 aromatic carbocycles. The van der Waals surface area contributed by atoms with Crippen LogP contribution in [0, 0.1) is 0 Å². The molecule has 19 heavy (non-hydrogen) atoms. The maximum absolute atomic E-state index is 6.32. The maximum Gasteiger partial charge on any atom is 0.0658 e. The Hall–Kier alpha value is -0.0400. The van der Waals surface area contributed by atoms with Crippen LogP contribution in [0.25, 0.3) is 0 Å². The van der Waals surface area contributed by atoms with E-state index in [0.717, 1.165) is 0 Å². The van der Waals surface area contributed by atoms with E-state index in [1.807, 2.05) is 0 Å². The van der Waals surface area contributed by atoms with Gasteiger partial charge in [-0.25, -0.2) is 0 Å². The van der Waals surface area contributed by atoms with Crippen molar-refractivity contribution in [2.24, 2.45) is 0 Å². The molecule has 0 saturated heterocycles. The fraction of sp³-hybridized carbons (Fsp3) is 1.00. The van der Waals surface area contributed by atoms with Crippen LogP contribution in [0.4, 0.5) is 0 Å². The molecule has 0 aromatic rings. The smallest absolute Gasteiger partial charge is 0.0658 e. The number of rotatable bonds is 10. The molecule has 0 aliphatic heterocycles. The minimum absolute atomic E-state index is 0.193. The van der Waals surface area contributed by atoms with E-state index in [2.05, 4.69) is 20.8 Å². The fourth-order valence-corrected chi connectivity index (χ4v) is 3.35. The zero-order valence-corrected chi connectivity index (χ0v) is 13.7. The maximum atomic E-state index is 6.32. The molecule has 1 unspecified atom stereocenters. The van der Waals surface area contributed by atoms with E-state index in [9.17, 15) is 0 Å². The normalized spacial score (nSPS) is 20.4. The summed E-state index contributed by atoms with van der Waals surface area (Å²) < 4.78 is 6.32. The van der Waals surface area contributed by atoms with Gasteiger partial charge in [0.1, 0.15) is 0 Å². The molecule has 1 fully saturated rings. The standard InChI is InChI=1S/C18H36O/c1-4-5-6-7-8-9-11-14-17(2)19-18(3)15-12-10-13-16-18/h17H,4-16H2,1-3H3. The minimum atomic E-state index is 0.193. The first-order valence-electron chi connectivity index (χ1n) is 8.84. The molecule has 114 valence electrons. The first-order valence-corrected chi connectivity index (χ1v) is 8.84. The molecule has 0 N–H and O–H groups in total. The van der Waals surface area contributed by atoms with Crippen molar-refractivity contribution in [2.45, 2.75) is 116 Å². The van der Waals surface area contributed by atoms with Crippen LogP contribution in [0.5, 0.6) is 0 Å². The summed E-state index contributed by atoms with van der Waals surface area (Å²) in [5.41, 5.74) is 0.193. The highest BCUT2D eigenvalue weighted by molar-refractivity contribution is 4.80. The lowest BCUT2D eigenvalue weighted by Crippen LogP contribution is -2.34. The van der Waals surface area contributed by atoms with Gasteiger partial charge in [-0.1, -0.05) is 71.1 Å². The summed E-state index contributed by atoms with van der Waals surface area (Å²) in [5.74, 6) is 0. The third-order valence-electron chi connectivity index (χ3n) is 4.61. The first kappa shape index (κ1) is 17.0. The summed E-state index contributed by atoms with van der Waals surface area (Å²) in [4.78, 5) is 0. The van der Waals surface area contributed by atoms with E-state index in [0.29, 0.717) is 6.10 Å². The second-order valence-electron chi connectivity index (χ2n) is 6.85. The molecule has 1 saturated carbocycles. The van der Waals surface area contributed by atoms with Gasteiger partial charge in [0.25, 0.3) is 0 Å². The summed E-state index contributed by atoms with van der Waals surface area (Å²) >= 11 is 0. The lowest BCUT2D eigenvalue weighted by molar-refractivity contribution is -0.0979. The molecule has 1 nitrogen and oxygen atoms in total. The predicted octanol–water partition coefficient (Wildman–Crippen LogP) is 6.26. The van der Waals surface area contributed by atoms with Crippen LogP contribution in [-0.2, 0) is 4.74 Å². The average molecular weight is 268 g/mol. The summed E-state index contributed by atoms with van der Waals surface area (Å²) in [6, 6.07) is 0. The van der Waals surface area contributed by atoms with Crippen molar-refractivity contribution in [1.82, 2.24) is 0 Å². The molecule has 1 rings (SSSR count). The van der Waals surface area contributed by atoms with Gasteiger partial charge in [0.05, 0.1) is 11.7 Å². The van der Waals surface area contributed by atoms with Gasteiger partial charge in [0.15, 0.2) is 0 Å². The zero-order chi connectivity index (χ0) is 14.0.